The van der Waals surface area contributed by atoms with Gasteiger partial charge in [0, 0.05) is 11.9 Å². The Bertz CT molecular complexity index is 690. The molecule has 7 heteroatoms. The first-order chi connectivity index (χ1) is 9.99. The zero-order valence-corrected chi connectivity index (χ0v) is 12.1. The first-order valence-electron chi connectivity index (χ1n) is 5.90. The average molecular weight is 325 g/mol. The van der Waals surface area contributed by atoms with Gasteiger partial charge in [0.05, 0.1) is 22.2 Å². The number of carboxylic acids is 1. The van der Waals surface area contributed by atoms with E-state index in [0.29, 0.717) is 5.69 Å². The molecular formula is C14H10Cl2N2O3. The van der Waals surface area contributed by atoms with Crippen LogP contribution in [0.5, 0.6) is 0 Å². The lowest BCUT2D eigenvalue weighted by Crippen LogP contribution is -2.18. The van der Waals surface area contributed by atoms with Crippen LogP contribution in [0.2, 0.25) is 10.0 Å². The highest BCUT2D eigenvalue weighted by Crippen LogP contribution is 2.32. The predicted molar refractivity (Wildman–Crippen MR) is 80.0 cm³/mol. The van der Waals surface area contributed by atoms with Crippen LogP contribution in [-0.2, 0) is 11.2 Å². The van der Waals surface area contributed by atoms with Crippen LogP contribution in [0, 0.1) is 0 Å². The largest absolute Gasteiger partial charge is 0.478 e. The Morgan fingerprint density at radius 3 is 2.48 bits per heavy atom. The van der Waals surface area contributed by atoms with E-state index in [1.54, 1.807) is 24.4 Å². The standard InChI is InChI=1S/C14H10Cl2N2O3/c15-9-4-5-10(16)13(12(9)14(20)21)18-11(19)7-8-3-1-2-6-17-8/h1-6H,7H2,(H,18,19)(H,20,21). The van der Waals surface area contributed by atoms with Crippen molar-refractivity contribution in [3.05, 3.63) is 57.8 Å². The summed E-state index contributed by atoms with van der Waals surface area (Å²) in [5, 5.41) is 11.7. The molecule has 0 bridgehead atoms. The van der Waals surface area contributed by atoms with Crippen molar-refractivity contribution in [3.63, 3.8) is 0 Å². The molecule has 5 nitrogen and oxygen atoms in total. The highest BCUT2D eigenvalue weighted by atomic mass is 35.5. The Morgan fingerprint density at radius 1 is 1.14 bits per heavy atom. The summed E-state index contributed by atoms with van der Waals surface area (Å²) < 4.78 is 0. The molecule has 0 aliphatic carbocycles. The normalized spacial score (nSPS) is 10.2. The van der Waals surface area contributed by atoms with E-state index >= 15 is 0 Å². The number of rotatable bonds is 4. The number of carbonyl (C=O) groups is 2. The third kappa shape index (κ3) is 3.71. The second kappa shape index (κ2) is 6.56. The molecule has 0 fully saturated rings. The molecule has 0 aliphatic heterocycles. The topological polar surface area (TPSA) is 79.3 Å². The van der Waals surface area contributed by atoms with Crippen LogP contribution < -0.4 is 5.32 Å². The van der Waals surface area contributed by atoms with Crippen molar-refractivity contribution >= 4 is 40.8 Å². The van der Waals surface area contributed by atoms with Gasteiger partial charge < -0.3 is 10.4 Å². The number of benzene rings is 1. The van der Waals surface area contributed by atoms with Crippen molar-refractivity contribution in [2.24, 2.45) is 0 Å². The van der Waals surface area contributed by atoms with Gasteiger partial charge in [-0.05, 0) is 24.3 Å². The summed E-state index contributed by atoms with van der Waals surface area (Å²) in [4.78, 5) is 27.2. The third-order valence-electron chi connectivity index (χ3n) is 2.65. The minimum Gasteiger partial charge on any atom is -0.478 e. The number of aromatic carboxylic acids is 1. The minimum absolute atomic E-state index is 0.0000334. The summed E-state index contributed by atoms with van der Waals surface area (Å²) in [5.41, 5.74) is 0.307. The van der Waals surface area contributed by atoms with Gasteiger partial charge in [0.1, 0.15) is 5.56 Å². The van der Waals surface area contributed by atoms with E-state index in [2.05, 4.69) is 10.3 Å². The van der Waals surface area contributed by atoms with Crippen LogP contribution >= 0.6 is 23.2 Å². The van der Waals surface area contributed by atoms with Gasteiger partial charge >= 0.3 is 5.97 Å². The van der Waals surface area contributed by atoms with E-state index in [-0.39, 0.29) is 27.7 Å². The second-order valence-corrected chi connectivity index (χ2v) is 4.94. The first-order valence-corrected chi connectivity index (χ1v) is 6.65. The molecule has 0 unspecified atom stereocenters. The second-order valence-electron chi connectivity index (χ2n) is 4.13. The molecule has 0 saturated heterocycles. The molecule has 2 N–H and O–H groups in total. The monoisotopic (exact) mass is 324 g/mol. The zero-order chi connectivity index (χ0) is 15.4. The molecule has 1 aromatic carbocycles. The molecule has 21 heavy (non-hydrogen) atoms. The molecule has 108 valence electrons. The number of nitrogens with one attached hydrogen (secondary N) is 1. The summed E-state index contributed by atoms with van der Waals surface area (Å²) >= 11 is 11.8. The zero-order valence-electron chi connectivity index (χ0n) is 10.6. The van der Waals surface area contributed by atoms with Crippen LogP contribution in [0.4, 0.5) is 5.69 Å². The number of pyridine rings is 1. The number of halogens is 2. The molecule has 2 rings (SSSR count). The number of hydrogen-bond donors (Lipinski definition) is 2. The summed E-state index contributed by atoms with van der Waals surface area (Å²) in [6.45, 7) is 0. The lowest BCUT2D eigenvalue weighted by Gasteiger charge is -2.11. The van der Waals surface area contributed by atoms with Gasteiger partial charge in [-0.15, -0.1) is 0 Å². The average Bonchev–Trinajstić information content (AvgIpc) is 2.43. The molecule has 0 spiro atoms. The van der Waals surface area contributed by atoms with E-state index in [4.69, 9.17) is 28.3 Å². The van der Waals surface area contributed by atoms with E-state index in [1.807, 2.05) is 0 Å². The fraction of sp³-hybridized carbons (Fsp3) is 0.0714. The van der Waals surface area contributed by atoms with Gasteiger partial charge in [-0.2, -0.15) is 0 Å². The highest BCUT2D eigenvalue weighted by Gasteiger charge is 2.19. The quantitative estimate of drug-likeness (QED) is 0.904. The fourth-order valence-corrected chi connectivity index (χ4v) is 2.18. The van der Waals surface area contributed by atoms with Crippen LogP contribution in [-0.4, -0.2) is 22.0 Å². The number of anilines is 1. The molecule has 0 saturated carbocycles. The van der Waals surface area contributed by atoms with Crippen molar-refractivity contribution in [3.8, 4) is 0 Å². The van der Waals surface area contributed by atoms with Gasteiger partial charge in [0.2, 0.25) is 5.91 Å². The van der Waals surface area contributed by atoms with E-state index in [9.17, 15) is 9.59 Å². The molecule has 1 aromatic heterocycles. The first kappa shape index (κ1) is 15.3. The summed E-state index contributed by atoms with van der Waals surface area (Å²) in [6, 6.07) is 7.97. The van der Waals surface area contributed by atoms with Crippen LogP contribution in [0.15, 0.2) is 36.5 Å². The van der Waals surface area contributed by atoms with Crippen LogP contribution in [0.25, 0.3) is 0 Å². The smallest absolute Gasteiger partial charge is 0.339 e. The maximum absolute atomic E-state index is 12.0. The van der Waals surface area contributed by atoms with Crippen molar-refractivity contribution in [2.75, 3.05) is 5.32 Å². The molecular weight excluding hydrogens is 315 g/mol. The number of amides is 1. The summed E-state index contributed by atoms with van der Waals surface area (Å²) in [5.74, 6) is -1.70. The van der Waals surface area contributed by atoms with Crippen LogP contribution in [0.1, 0.15) is 16.1 Å². The Balaban J connectivity index is 2.25. The van der Waals surface area contributed by atoms with Crippen molar-refractivity contribution in [1.82, 2.24) is 4.98 Å². The maximum Gasteiger partial charge on any atom is 0.339 e. The Hall–Kier alpha value is -2.11. The van der Waals surface area contributed by atoms with E-state index < -0.39 is 11.9 Å². The summed E-state index contributed by atoms with van der Waals surface area (Å²) in [6.07, 6.45) is 1.57. The molecule has 2 aromatic rings. The fourth-order valence-electron chi connectivity index (χ4n) is 1.73. The number of nitrogens with zero attached hydrogens (tertiary/aromatic N) is 1. The molecule has 0 atom stereocenters. The lowest BCUT2D eigenvalue weighted by molar-refractivity contribution is -0.115. The molecule has 1 amide bonds. The third-order valence-corrected chi connectivity index (χ3v) is 3.28. The molecule has 0 aliphatic rings. The minimum atomic E-state index is -1.27. The van der Waals surface area contributed by atoms with Crippen molar-refractivity contribution in [1.29, 1.82) is 0 Å². The number of carboxylic acid groups (broad SMARTS) is 1. The van der Waals surface area contributed by atoms with Gasteiger partial charge in [0.15, 0.2) is 0 Å². The van der Waals surface area contributed by atoms with Gasteiger partial charge in [-0.25, -0.2) is 4.79 Å². The maximum atomic E-state index is 12.0. The van der Waals surface area contributed by atoms with E-state index in [1.165, 1.54) is 12.1 Å². The van der Waals surface area contributed by atoms with Gasteiger partial charge in [-0.3, -0.25) is 9.78 Å². The van der Waals surface area contributed by atoms with Crippen molar-refractivity contribution in [2.45, 2.75) is 6.42 Å². The number of aromatic nitrogens is 1. The summed E-state index contributed by atoms with van der Waals surface area (Å²) in [7, 11) is 0. The Labute approximate surface area is 130 Å². The van der Waals surface area contributed by atoms with Crippen molar-refractivity contribution < 1.29 is 14.7 Å². The number of carbonyl (C=O) groups excluding carboxylic acids is 1. The van der Waals surface area contributed by atoms with Gasteiger partial charge in [0.25, 0.3) is 0 Å². The van der Waals surface area contributed by atoms with Gasteiger partial charge in [-0.1, -0.05) is 29.3 Å². The molecule has 1 heterocycles. The highest BCUT2D eigenvalue weighted by molar-refractivity contribution is 6.38. The number of hydrogen-bond acceptors (Lipinski definition) is 3. The molecule has 0 radical (unpaired) electrons. The van der Waals surface area contributed by atoms with E-state index in [0.717, 1.165) is 0 Å². The predicted octanol–water partition coefficient (Wildman–Crippen LogP) is 3.27. The Kier molecular flexibility index (Phi) is 4.77. The van der Waals surface area contributed by atoms with Crippen LogP contribution in [0.3, 0.4) is 0 Å². The lowest BCUT2D eigenvalue weighted by atomic mass is 10.1. The SMILES string of the molecule is O=C(Cc1ccccn1)Nc1c(Cl)ccc(Cl)c1C(=O)O. The Morgan fingerprint density at radius 2 is 1.86 bits per heavy atom.